The Kier molecular flexibility index (Phi) is 21.7. The van der Waals surface area contributed by atoms with Crippen molar-refractivity contribution in [1.82, 2.24) is 5.32 Å². The van der Waals surface area contributed by atoms with Gasteiger partial charge in [-0.05, 0) is 38.5 Å². The minimum atomic E-state index is -0.833. The third-order valence-electron chi connectivity index (χ3n) is 5.43. The molecule has 0 aromatic rings. The molecule has 0 aromatic heterocycles. The fourth-order valence-electron chi connectivity index (χ4n) is 3.39. The third-order valence-corrected chi connectivity index (χ3v) is 5.43. The van der Waals surface area contributed by atoms with Crippen LogP contribution in [0.1, 0.15) is 117 Å². The van der Waals surface area contributed by atoms with E-state index >= 15 is 0 Å². The summed E-state index contributed by atoms with van der Waals surface area (Å²) < 4.78 is 0. The van der Waals surface area contributed by atoms with Crippen molar-refractivity contribution in [2.24, 2.45) is 0 Å². The van der Waals surface area contributed by atoms with E-state index in [4.69, 9.17) is 0 Å². The largest absolute Gasteiger partial charge is 0.394 e. The Morgan fingerprint density at radius 1 is 0.767 bits per heavy atom. The molecule has 0 saturated heterocycles. The lowest BCUT2D eigenvalue weighted by atomic mass is 10.1. The molecule has 0 heterocycles. The summed E-state index contributed by atoms with van der Waals surface area (Å²) in [6.07, 6.45) is 25.6. The van der Waals surface area contributed by atoms with E-state index in [1.54, 1.807) is 6.08 Å². The molecule has 0 aromatic carbocycles. The molecule has 1 amide bonds. The quantitative estimate of drug-likeness (QED) is 0.152. The van der Waals surface area contributed by atoms with Crippen molar-refractivity contribution in [3.05, 3.63) is 24.3 Å². The first-order chi connectivity index (χ1) is 14.7. The van der Waals surface area contributed by atoms with Crippen molar-refractivity contribution in [2.75, 3.05) is 6.61 Å². The number of allylic oxidation sites excluding steroid dienone is 3. The highest BCUT2D eigenvalue weighted by molar-refractivity contribution is 5.76. The average Bonchev–Trinajstić information content (AvgIpc) is 2.75. The Morgan fingerprint density at radius 2 is 1.30 bits per heavy atom. The first-order valence-corrected chi connectivity index (χ1v) is 12.6. The van der Waals surface area contributed by atoms with Gasteiger partial charge in [0.15, 0.2) is 0 Å². The molecule has 0 rings (SSSR count). The predicted molar refractivity (Wildman–Crippen MR) is 129 cm³/mol. The Balaban J connectivity index is 3.64. The van der Waals surface area contributed by atoms with Crippen molar-refractivity contribution in [3.63, 3.8) is 0 Å². The Labute approximate surface area is 186 Å². The van der Waals surface area contributed by atoms with Gasteiger partial charge in [-0.15, -0.1) is 0 Å². The Hall–Kier alpha value is -1.13. The van der Waals surface area contributed by atoms with E-state index in [0.29, 0.717) is 6.42 Å². The van der Waals surface area contributed by atoms with Gasteiger partial charge in [0.05, 0.1) is 18.8 Å². The molecule has 176 valence electrons. The number of aliphatic hydroxyl groups is 2. The highest BCUT2D eigenvalue weighted by Gasteiger charge is 2.17. The maximum absolute atomic E-state index is 12.0. The van der Waals surface area contributed by atoms with Crippen LogP contribution in [0.4, 0.5) is 0 Å². The third kappa shape index (κ3) is 18.9. The van der Waals surface area contributed by atoms with Gasteiger partial charge in [0.25, 0.3) is 0 Å². The fraction of sp³-hybridized carbons (Fsp3) is 0.808. The molecular formula is C26H49NO3. The summed E-state index contributed by atoms with van der Waals surface area (Å²) in [7, 11) is 0. The van der Waals surface area contributed by atoms with E-state index in [1.165, 1.54) is 51.4 Å². The van der Waals surface area contributed by atoms with Gasteiger partial charge in [-0.2, -0.15) is 0 Å². The van der Waals surface area contributed by atoms with Crippen molar-refractivity contribution in [2.45, 2.75) is 129 Å². The van der Waals surface area contributed by atoms with Gasteiger partial charge in [0.1, 0.15) is 0 Å². The molecule has 0 aliphatic rings. The molecule has 2 atom stereocenters. The van der Waals surface area contributed by atoms with E-state index < -0.39 is 12.1 Å². The molecule has 0 aliphatic heterocycles. The molecule has 3 N–H and O–H groups in total. The summed E-state index contributed by atoms with van der Waals surface area (Å²) in [5.41, 5.74) is 0. The number of carbonyl (C=O) groups excluding carboxylic acids is 1. The van der Waals surface area contributed by atoms with Gasteiger partial charge >= 0.3 is 0 Å². The van der Waals surface area contributed by atoms with E-state index in [0.717, 1.165) is 44.9 Å². The smallest absolute Gasteiger partial charge is 0.220 e. The van der Waals surface area contributed by atoms with Gasteiger partial charge in [-0.25, -0.2) is 0 Å². The monoisotopic (exact) mass is 423 g/mol. The normalized spacial score (nSPS) is 13.9. The van der Waals surface area contributed by atoms with Gasteiger partial charge < -0.3 is 15.5 Å². The second kappa shape index (κ2) is 22.6. The van der Waals surface area contributed by atoms with E-state index in [1.807, 2.05) is 6.08 Å². The van der Waals surface area contributed by atoms with Gasteiger partial charge in [0.2, 0.25) is 5.91 Å². The number of hydrogen-bond donors (Lipinski definition) is 3. The summed E-state index contributed by atoms with van der Waals surface area (Å²) in [6, 6.07) is -0.617. The zero-order valence-electron chi connectivity index (χ0n) is 19.8. The molecule has 0 fully saturated rings. The number of aliphatic hydroxyl groups excluding tert-OH is 2. The van der Waals surface area contributed by atoms with Crippen molar-refractivity contribution in [1.29, 1.82) is 0 Å². The molecule has 0 bridgehead atoms. The van der Waals surface area contributed by atoms with Crippen LogP contribution in [0.5, 0.6) is 0 Å². The standard InChI is InChI=1S/C26H49NO3/c1-3-5-7-9-10-11-12-13-14-15-16-17-18-20-22-26(30)27-24(23-28)25(29)21-19-8-6-4-2/h12-13,19,21,24-25,28-29H,3-11,14-18,20,22-23H2,1-2H3,(H,27,30)/b13-12-,21-19+. The van der Waals surface area contributed by atoms with Crippen LogP contribution < -0.4 is 5.32 Å². The van der Waals surface area contributed by atoms with E-state index in [2.05, 4.69) is 31.3 Å². The minimum absolute atomic E-state index is 0.0862. The van der Waals surface area contributed by atoms with Crippen molar-refractivity contribution < 1.29 is 15.0 Å². The van der Waals surface area contributed by atoms with Crippen LogP contribution in [0.15, 0.2) is 24.3 Å². The molecule has 2 unspecified atom stereocenters. The summed E-state index contributed by atoms with van der Waals surface area (Å²) >= 11 is 0. The number of amides is 1. The van der Waals surface area contributed by atoms with Crippen LogP contribution in [-0.4, -0.2) is 34.9 Å². The molecule has 0 aliphatic carbocycles. The lowest BCUT2D eigenvalue weighted by Gasteiger charge is -2.19. The Morgan fingerprint density at radius 3 is 1.90 bits per heavy atom. The second-order valence-electron chi connectivity index (χ2n) is 8.40. The van der Waals surface area contributed by atoms with E-state index in [-0.39, 0.29) is 12.5 Å². The number of hydrogen-bond acceptors (Lipinski definition) is 3. The summed E-state index contributed by atoms with van der Waals surface area (Å²) in [5, 5.41) is 22.3. The van der Waals surface area contributed by atoms with Crippen LogP contribution in [0.3, 0.4) is 0 Å². The molecule has 4 nitrogen and oxygen atoms in total. The highest BCUT2D eigenvalue weighted by atomic mass is 16.3. The zero-order chi connectivity index (χ0) is 22.3. The molecule has 0 radical (unpaired) electrons. The lowest BCUT2D eigenvalue weighted by molar-refractivity contribution is -0.123. The first-order valence-electron chi connectivity index (χ1n) is 12.6. The number of unbranched alkanes of at least 4 members (excludes halogenated alkanes) is 12. The number of carbonyl (C=O) groups is 1. The maximum atomic E-state index is 12.0. The van der Waals surface area contributed by atoms with Crippen LogP contribution in [-0.2, 0) is 4.79 Å². The minimum Gasteiger partial charge on any atom is -0.394 e. The SMILES string of the molecule is CCCC/C=C/C(O)C(CO)NC(=O)CCCCCCC/C=C\CCCCCCC. The number of nitrogens with one attached hydrogen (secondary N) is 1. The molecule has 0 saturated carbocycles. The number of rotatable bonds is 21. The topological polar surface area (TPSA) is 69.6 Å². The highest BCUT2D eigenvalue weighted by Crippen LogP contribution is 2.10. The molecular weight excluding hydrogens is 374 g/mol. The fourth-order valence-corrected chi connectivity index (χ4v) is 3.39. The van der Waals surface area contributed by atoms with Crippen LogP contribution in [0, 0.1) is 0 Å². The van der Waals surface area contributed by atoms with Gasteiger partial charge in [0, 0.05) is 6.42 Å². The average molecular weight is 424 g/mol. The van der Waals surface area contributed by atoms with Gasteiger partial charge in [-0.1, -0.05) is 95.9 Å². The maximum Gasteiger partial charge on any atom is 0.220 e. The van der Waals surface area contributed by atoms with Gasteiger partial charge in [-0.3, -0.25) is 4.79 Å². The second-order valence-corrected chi connectivity index (χ2v) is 8.40. The predicted octanol–water partition coefficient (Wildman–Crippen LogP) is 6.22. The Bertz CT molecular complexity index is 434. The van der Waals surface area contributed by atoms with Crippen LogP contribution in [0.2, 0.25) is 0 Å². The summed E-state index contributed by atoms with van der Waals surface area (Å²) in [5.74, 6) is -0.0862. The van der Waals surface area contributed by atoms with Crippen LogP contribution >= 0.6 is 0 Å². The van der Waals surface area contributed by atoms with E-state index in [9.17, 15) is 15.0 Å². The molecule has 0 spiro atoms. The summed E-state index contributed by atoms with van der Waals surface area (Å²) in [4.78, 5) is 12.0. The summed E-state index contributed by atoms with van der Waals surface area (Å²) in [6.45, 7) is 4.12. The first kappa shape index (κ1) is 28.9. The lowest BCUT2D eigenvalue weighted by Crippen LogP contribution is -2.45. The molecule has 4 heteroatoms. The van der Waals surface area contributed by atoms with Crippen molar-refractivity contribution >= 4 is 5.91 Å². The molecule has 30 heavy (non-hydrogen) atoms. The zero-order valence-corrected chi connectivity index (χ0v) is 19.8. The van der Waals surface area contributed by atoms with Crippen molar-refractivity contribution in [3.8, 4) is 0 Å². The van der Waals surface area contributed by atoms with Crippen LogP contribution in [0.25, 0.3) is 0 Å².